The Balaban J connectivity index is 1.50. The van der Waals surface area contributed by atoms with Gasteiger partial charge in [0.05, 0.1) is 13.3 Å². The lowest BCUT2D eigenvalue weighted by atomic mass is 9.98. The Hall–Kier alpha value is -2.63. The summed E-state index contributed by atoms with van der Waals surface area (Å²) in [7, 11) is 1.54. The van der Waals surface area contributed by atoms with Crippen molar-refractivity contribution < 1.29 is 14.3 Å². The number of rotatable bonds is 4. The first-order chi connectivity index (χ1) is 12.3. The van der Waals surface area contributed by atoms with E-state index in [0.717, 1.165) is 31.4 Å². The number of carbonyl (C=O) groups is 1. The number of carbonyl (C=O) groups excluding carboxylic acids is 1. The number of hydrogen-bond donors (Lipinski definition) is 0. The number of fused-ring (bicyclic) bond motifs is 2. The third-order valence-corrected chi connectivity index (χ3v) is 5.06. The van der Waals surface area contributed by atoms with Crippen LogP contribution in [0.1, 0.15) is 36.0 Å². The van der Waals surface area contributed by atoms with Crippen LogP contribution in [0.3, 0.4) is 0 Å². The number of methoxy groups -OCH3 is 1. The van der Waals surface area contributed by atoms with E-state index in [1.165, 1.54) is 0 Å². The minimum absolute atomic E-state index is 0.0114. The zero-order valence-electron chi connectivity index (χ0n) is 14.2. The molecule has 2 saturated heterocycles. The number of amides is 1. The van der Waals surface area contributed by atoms with Crippen molar-refractivity contribution in [3.8, 4) is 11.6 Å². The molecule has 0 aliphatic carbocycles. The van der Waals surface area contributed by atoms with Crippen molar-refractivity contribution in [1.29, 1.82) is 0 Å². The van der Waals surface area contributed by atoms with Gasteiger partial charge in [-0.15, -0.1) is 0 Å². The van der Waals surface area contributed by atoms with E-state index in [9.17, 15) is 4.79 Å². The predicted octanol–water partition coefficient (Wildman–Crippen LogP) is 2.70. The van der Waals surface area contributed by atoms with E-state index in [1.807, 2.05) is 17.0 Å². The Bertz CT molecular complexity index is 739. The Labute approximate surface area is 146 Å². The summed E-state index contributed by atoms with van der Waals surface area (Å²) in [5.41, 5.74) is 0.536. The molecule has 2 bridgehead atoms. The molecule has 2 aliphatic heterocycles. The van der Waals surface area contributed by atoms with Crippen LogP contribution in [0.25, 0.3) is 0 Å². The van der Waals surface area contributed by atoms with Gasteiger partial charge in [-0.2, -0.15) is 0 Å². The highest BCUT2D eigenvalue weighted by Crippen LogP contribution is 2.38. The van der Waals surface area contributed by atoms with Crippen molar-refractivity contribution in [2.45, 2.75) is 43.9 Å². The second kappa shape index (κ2) is 6.70. The van der Waals surface area contributed by atoms with Crippen LogP contribution in [0.5, 0.6) is 11.6 Å². The van der Waals surface area contributed by atoms with E-state index >= 15 is 0 Å². The molecular weight excluding hydrogens is 318 g/mol. The molecule has 4 rings (SSSR count). The van der Waals surface area contributed by atoms with E-state index in [4.69, 9.17) is 9.47 Å². The molecule has 130 valence electrons. The Morgan fingerprint density at radius 1 is 1.16 bits per heavy atom. The average Bonchev–Trinajstić information content (AvgIpc) is 2.92. The molecule has 0 N–H and O–H groups in total. The lowest BCUT2D eigenvalue weighted by Crippen LogP contribution is -2.49. The lowest BCUT2D eigenvalue weighted by molar-refractivity contribution is 0.0355. The van der Waals surface area contributed by atoms with E-state index in [0.29, 0.717) is 11.4 Å². The van der Waals surface area contributed by atoms with Gasteiger partial charge < -0.3 is 14.4 Å². The highest BCUT2D eigenvalue weighted by molar-refractivity contribution is 5.97. The van der Waals surface area contributed by atoms with Gasteiger partial charge in [-0.3, -0.25) is 9.78 Å². The molecule has 25 heavy (non-hydrogen) atoms. The molecule has 2 atom stereocenters. The summed E-state index contributed by atoms with van der Waals surface area (Å²) >= 11 is 0. The van der Waals surface area contributed by atoms with Crippen LogP contribution in [0.4, 0.5) is 0 Å². The second-order valence-corrected chi connectivity index (χ2v) is 6.56. The van der Waals surface area contributed by atoms with E-state index in [1.54, 1.807) is 37.8 Å². The molecule has 0 aromatic carbocycles. The molecule has 4 heterocycles. The van der Waals surface area contributed by atoms with Crippen LogP contribution < -0.4 is 9.47 Å². The van der Waals surface area contributed by atoms with Gasteiger partial charge in [0.25, 0.3) is 5.91 Å². The highest BCUT2D eigenvalue weighted by atomic mass is 16.5. The second-order valence-electron chi connectivity index (χ2n) is 6.56. The minimum Gasteiger partial charge on any atom is -0.489 e. The largest absolute Gasteiger partial charge is 0.489 e. The Morgan fingerprint density at radius 2 is 1.92 bits per heavy atom. The summed E-state index contributed by atoms with van der Waals surface area (Å²) in [5, 5.41) is 0. The van der Waals surface area contributed by atoms with Crippen molar-refractivity contribution in [2.75, 3.05) is 7.11 Å². The average molecular weight is 339 g/mol. The lowest BCUT2D eigenvalue weighted by Gasteiger charge is -2.39. The van der Waals surface area contributed by atoms with Crippen LogP contribution in [0.15, 0.2) is 42.9 Å². The maximum atomic E-state index is 13.1. The monoisotopic (exact) mass is 339 g/mol. The maximum Gasteiger partial charge on any atom is 0.259 e. The van der Waals surface area contributed by atoms with E-state index in [-0.39, 0.29) is 24.1 Å². The van der Waals surface area contributed by atoms with Gasteiger partial charge >= 0.3 is 0 Å². The first-order valence-corrected chi connectivity index (χ1v) is 8.64. The predicted molar refractivity (Wildman–Crippen MR) is 91.7 cm³/mol. The molecule has 0 radical (unpaired) electrons. The van der Waals surface area contributed by atoms with Gasteiger partial charge in [0.1, 0.15) is 17.4 Å². The summed E-state index contributed by atoms with van der Waals surface area (Å²) in [6.45, 7) is 0. The van der Waals surface area contributed by atoms with Crippen LogP contribution in [0.2, 0.25) is 0 Å². The molecular formula is C19H21N3O3. The van der Waals surface area contributed by atoms with Crippen LogP contribution in [-0.2, 0) is 0 Å². The molecule has 0 spiro atoms. The third-order valence-electron chi connectivity index (χ3n) is 5.06. The fourth-order valence-electron chi connectivity index (χ4n) is 4.02. The quantitative estimate of drug-likeness (QED) is 0.857. The molecule has 0 saturated carbocycles. The molecule has 1 amide bonds. The van der Waals surface area contributed by atoms with E-state index in [2.05, 4.69) is 9.97 Å². The van der Waals surface area contributed by atoms with Gasteiger partial charge in [-0.25, -0.2) is 4.98 Å². The van der Waals surface area contributed by atoms with Crippen LogP contribution in [0, 0.1) is 0 Å². The Kier molecular flexibility index (Phi) is 4.26. The smallest absolute Gasteiger partial charge is 0.259 e. The number of aromatic nitrogens is 2. The van der Waals surface area contributed by atoms with Crippen molar-refractivity contribution in [1.82, 2.24) is 14.9 Å². The SMILES string of the molecule is COc1ncccc1C(=O)N1C2CCC1CC(Oc1cccnc1)C2. The van der Waals surface area contributed by atoms with Crippen LogP contribution >= 0.6 is 0 Å². The highest BCUT2D eigenvalue weighted by Gasteiger charge is 2.44. The zero-order chi connectivity index (χ0) is 17.2. The normalized spacial score (nSPS) is 24.8. The number of ether oxygens (including phenoxy) is 2. The molecule has 2 aromatic rings. The summed E-state index contributed by atoms with van der Waals surface area (Å²) in [6, 6.07) is 7.77. The Morgan fingerprint density at radius 3 is 2.60 bits per heavy atom. The number of pyridine rings is 2. The zero-order valence-corrected chi connectivity index (χ0v) is 14.2. The summed E-state index contributed by atoms with van der Waals surface area (Å²) in [4.78, 5) is 23.3. The van der Waals surface area contributed by atoms with Gasteiger partial charge in [-0.05, 0) is 37.1 Å². The first-order valence-electron chi connectivity index (χ1n) is 8.64. The summed E-state index contributed by atoms with van der Waals surface area (Å²) in [5.74, 6) is 1.19. The standard InChI is InChI=1S/C19H21N3O3/c1-24-18-17(5-3-9-21-18)19(23)22-13-6-7-14(22)11-16(10-13)25-15-4-2-8-20-12-15/h2-5,8-9,12-14,16H,6-7,10-11H2,1H3. The first kappa shape index (κ1) is 15.9. The molecule has 6 nitrogen and oxygen atoms in total. The van der Waals surface area contributed by atoms with Gasteiger partial charge in [0, 0.05) is 37.3 Å². The molecule has 2 unspecified atom stereocenters. The molecule has 6 heteroatoms. The summed E-state index contributed by atoms with van der Waals surface area (Å²) < 4.78 is 11.3. The number of nitrogens with zero attached hydrogens (tertiary/aromatic N) is 3. The van der Waals surface area contributed by atoms with Crippen molar-refractivity contribution >= 4 is 5.91 Å². The molecule has 2 aliphatic rings. The van der Waals surface area contributed by atoms with Gasteiger partial charge in [-0.1, -0.05) is 0 Å². The van der Waals surface area contributed by atoms with Crippen LogP contribution in [-0.4, -0.2) is 46.1 Å². The molecule has 2 aromatic heterocycles. The van der Waals surface area contributed by atoms with Crippen molar-refractivity contribution in [2.24, 2.45) is 0 Å². The van der Waals surface area contributed by atoms with Crippen molar-refractivity contribution in [3.63, 3.8) is 0 Å². The number of piperidine rings is 1. The minimum atomic E-state index is 0.0114. The fraction of sp³-hybridized carbons (Fsp3) is 0.421. The maximum absolute atomic E-state index is 13.1. The van der Waals surface area contributed by atoms with E-state index < -0.39 is 0 Å². The van der Waals surface area contributed by atoms with Gasteiger partial charge in [0.15, 0.2) is 0 Å². The third kappa shape index (κ3) is 3.04. The van der Waals surface area contributed by atoms with Gasteiger partial charge in [0.2, 0.25) is 5.88 Å². The number of hydrogen-bond acceptors (Lipinski definition) is 5. The molecule has 2 fully saturated rings. The fourth-order valence-corrected chi connectivity index (χ4v) is 4.02. The topological polar surface area (TPSA) is 64.5 Å². The summed E-state index contributed by atoms with van der Waals surface area (Å²) in [6.07, 6.45) is 8.97. The van der Waals surface area contributed by atoms with Crippen molar-refractivity contribution in [3.05, 3.63) is 48.4 Å².